The van der Waals surface area contributed by atoms with Crippen molar-refractivity contribution in [3.05, 3.63) is 0 Å². The average molecular weight is 169 g/mol. The maximum Gasteiger partial charge on any atom is 0.00669 e. The van der Waals surface area contributed by atoms with Gasteiger partial charge in [0.25, 0.3) is 0 Å². The lowest BCUT2D eigenvalue weighted by molar-refractivity contribution is 0.239. The molecule has 0 heterocycles. The van der Waals surface area contributed by atoms with Crippen LogP contribution >= 0.6 is 0 Å². The van der Waals surface area contributed by atoms with Crippen LogP contribution in [0.3, 0.4) is 0 Å². The predicted octanol–water partition coefficient (Wildman–Crippen LogP) is 2.81. The minimum absolute atomic E-state index is 0.762. The van der Waals surface area contributed by atoms with E-state index in [9.17, 15) is 0 Å². The molecule has 0 aromatic heterocycles. The SMILES string of the molecule is CC(C)CCNC(C)C1CCC1. The molecule has 1 unspecified atom stereocenters. The van der Waals surface area contributed by atoms with E-state index in [1.165, 1.54) is 32.2 Å². The number of nitrogens with one attached hydrogen (secondary N) is 1. The van der Waals surface area contributed by atoms with E-state index in [2.05, 4.69) is 26.1 Å². The van der Waals surface area contributed by atoms with Crippen LogP contribution in [0.4, 0.5) is 0 Å². The Balaban J connectivity index is 1.98. The number of hydrogen-bond donors (Lipinski definition) is 1. The van der Waals surface area contributed by atoms with Gasteiger partial charge in [0.2, 0.25) is 0 Å². The number of hydrogen-bond acceptors (Lipinski definition) is 1. The smallest absolute Gasteiger partial charge is 0.00669 e. The normalized spacial score (nSPS) is 21.0. The molecule has 0 aromatic rings. The fourth-order valence-corrected chi connectivity index (χ4v) is 1.71. The highest BCUT2D eigenvalue weighted by atomic mass is 14.9. The van der Waals surface area contributed by atoms with Crippen LogP contribution < -0.4 is 5.32 Å². The molecule has 1 aliphatic carbocycles. The zero-order valence-corrected chi connectivity index (χ0v) is 8.77. The second-order valence-electron chi connectivity index (χ2n) is 4.62. The molecule has 12 heavy (non-hydrogen) atoms. The standard InChI is InChI=1S/C11H23N/c1-9(2)7-8-12-10(3)11-5-4-6-11/h9-12H,4-8H2,1-3H3. The van der Waals surface area contributed by atoms with Gasteiger partial charge in [0.15, 0.2) is 0 Å². The van der Waals surface area contributed by atoms with Crippen molar-refractivity contribution >= 4 is 0 Å². The van der Waals surface area contributed by atoms with E-state index in [0.29, 0.717) is 0 Å². The fourth-order valence-electron chi connectivity index (χ4n) is 1.71. The first-order valence-corrected chi connectivity index (χ1v) is 5.43. The van der Waals surface area contributed by atoms with Gasteiger partial charge in [-0.25, -0.2) is 0 Å². The summed E-state index contributed by atoms with van der Waals surface area (Å²) in [5.74, 6) is 1.82. The summed E-state index contributed by atoms with van der Waals surface area (Å²) in [7, 11) is 0. The summed E-state index contributed by atoms with van der Waals surface area (Å²) in [6.45, 7) is 8.12. The third kappa shape index (κ3) is 3.14. The molecule has 0 bridgehead atoms. The van der Waals surface area contributed by atoms with Crippen molar-refractivity contribution in [3.63, 3.8) is 0 Å². The molecular formula is C11H23N. The van der Waals surface area contributed by atoms with Gasteiger partial charge < -0.3 is 5.32 Å². The van der Waals surface area contributed by atoms with Gasteiger partial charge in [-0.2, -0.15) is 0 Å². The Morgan fingerprint density at radius 1 is 1.25 bits per heavy atom. The minimum atomic E-state index is 0.762. The third-order valence-corrected chi connectivity index (χ3v) is 3.04. The molecule has 1 fully saturated rings. The van der Waals surface area contributed by atoms with Crippen LogP contribution in [0.1, 0.15) is 46.5 Å². The molecule has 1 aliphatic rings. The largest absolute Gasteiger partial charge is 0.314 e. The molecule has 0 aromatic carbocycles. The van der Waals surface area contributed by atoms with E-state index in [-0.39, 0.29) is 0 Å². The van der Waals surface area contributed by atoms with Crippen molar-refractivity contribution in [1.29, 1.82) is 0 Å². The molecular weight excluding hydrogens is 146 g/mol. The first-order chi connectivity index (χ1) is 5.70. The predicted molar refractivity (Wildman–Crippen MR) is 54.3 cm³/mol. The lowest BCUT2D eigenvalue weighted by Crippen LogP contribution is -2.37. The fraction of sp³-hybridized carbons (Fsp3) is 1.00. The van der Waals surface area contributed by atoms with Crippen molar-refractivity contribution in [3.8, 4) is 0 Å². The zero-order valence-electron chi connectivity index (χ0n) is 8.77. The molecule has 72 valence electrons. The molecule has 0 aliphatic heterocycles. The first-order valence-electron chi connectivity index (χ1n) is 5.43. The summed E-state index contributed by atoms with van der Waals surface area (Å²) >= 11 is 0. The lowest BCUT2D eigenvalue weighted by Gasteiger charge is -2.32. The topological polar surface area (TPSA) is 12.0 Å². The molecule has 0 saturated heterocycles. The molecule has 1 heteroatoms. The molecule has 1 saturated carbocycles. The molecule has 0 amide bonds. The monoisotopic (exact) mass is 169 g/mol. The third-order valence-electron chi connectivity index (χ3n) is 3.04. The van der Waals surface area contributed by atoms with Gasteiger partial charge in [-0.05, 0) is 44.6 Å². The molecule has 0 spiro atoms. The van der Waals surface area contributed by atoms with Crippen LogP contribution in [0.15, 0.2) is 0 Å². The van der Waals surface area contributed by atoms with Crippen molar-refractivity contribution in [2.75, 3.05) is 6.54 Å². The Hall–Kier alpha value is -0.0400. The highest BCUT2D eigenvalue weighted by molar-refractivity contribution is 4.79. The van der Waals surface area contributed by atoms with Gasteiger partial charge >= 0.3 is 0 Å². The summed E-state index contributed by atoms with van der Waals surface area (Å²) in [4.78, 5) is 0. The van der Waals surface area contributed by atoms with Crippen LogP contribution in [0.5, 0.6) is 0 Å². The zero-order chi connectivity index (χ0) is 8.97. The molecule has 1 atom stereocenters. The van der Waals surface area contributed by atoms with E-state index >= 15 is 0 Å². The van der Waals surface area contributed by atoms with Crippen molar-refractivity contribution < 1.29 is 0 Å². The first kappa shape index (κ1) is 10.0. The summed E-state index contributed by atoms with van der Waals surface area (Å²) in [5.41, 5.74) is 0. The van der Waals surface area contributed by atoms with Crippen LogP contribution in [0.2, 0.25) is 0 Å². The minimum Gasteiger partial charge on any atom is -0.314 e. The van der Waals surface area contributed by atoms with Crippen LogP contribution in [-0.2, 0) is 0 Å². The van der Waals surface area contributed by atoms with E-state index in [1.54, 1.807) is 0 Å². The average Bonchev–Trinajstić information content (AvgIpc) is 1.81. The highest BCUT2D eigenvalue weighted by Gasteiger charge is 2.22. The Bertz CT molecular complexity index is 116. The van der Waals surface area contributed by atoms with Gasteiger partial charge in [0, 0.05) is 6.04 Å². The second kappa shape index (κ2) is 4.86. The van der Waals surface area contributed by atoms with Crippen LogP contribution in [0, 0.1) is 11.8 Å². The van der Waals surface area contributed by atoms with Crippen molar-refractivity contribution in [2.45, 2.75) is 52.5 Å². The van der Waals surface area contributed by atoms with Crippen LogP contribution in [-0.4, -0.2) is 12.6 Å². The highest BCUT2D eigenvalue weighted by Crippen LogP contribution is 2.29. The maximum absolute atomic E-state index is 3.62. The van der Waals surface area contributed by atoms with E-state index in [0.717, 1.165) is 17.9 Å². The molecule has 1 nitrogen and oxygen atoms in total. The molecule has 1 N–H and O–H groups in total. The van der Waals surface area contributed by atoms with Gasteiger partial charge in [-0.15, -0.1) is 0 Å². The summed E-state index contributed by atoms with van der Waals surface area (Å²) < 4.78 is 0. The van der Waals surface area contributed by atoms with Gasteiger partial charge in [0.05, 0.1) is 0 Å². The molecule has 0 radical (unpaired) electrons. The summed E-state index contributed by atoms with van der Waals surface area (Å²) in [6, 6.07) is 0.762. The summed E-state index contributed by atoms with van der Waals surface area (Å²) in [5, 5.41) is 3.62. The van der Waals surface area contributed by atoms with E-state index < -0.39 is 0 Å². The quantitative estimate of drug-likeness (QED) is 0.667. The number of rotatable bonds is 5. The lowest BCUT2D eigenvalue weighted by atomic mass is 9.80. The maximum atomic E-state index is 3.62. The van der Waals surface area contributed by atoms with Crippen molar-refractivity contribution in [1.82, 2.24) is 5.32 Å². The Labute approximate surface area is 76.9 Å². The molecule has 1 rings (SSSR count). The Kier molecular flexibility index (Phi) is 4.07. The van der Waals surface area contributed by atoms with Gasteiger partial charge in [-0.1, -0.05) is 20.3 Å². The second-order valence-corrected chi connectivity index (χ2v) is 4.62. The van der Waals surface area contributed by atoms with E-state index in [1.807, 2.05) is 0 Å². The van der Waals surface area contributed by atoms with Crippen molar-refractivity contribution in [2.24, 2.45) is 11.8 Å². The summed E-state index contributed by atoms with van der Waals surface area (Å²) in [6.07, 6.45) is 5.68. The Morgan fingerprint density at radius 3 is 2.33 bits per heavy atom. The Morgan fingerprint density at radius 2 is 1.92 bits per heavy atom. The van der Waals surface area contributed by atoms with E-state index in [4.69, 9.17) is 0 Å². The van der Waals surface area contributed by atoms with Gasteiger partial charge in [-0.3, -0.25) is 0 Å². The van der Waals surface area contributed by atoms with Crippen LogP contribution in [0.25, 0.3) is 0 Å². The van der Waals surface area contributed by atoms with Gasteiger partial charge in [0.1, 0.15) is 0 Å².